The third kappa shape index (κ3) is 4.29. The number of nitrogens with zero attached hydrogens (tertiary/aromatic N) is 5. The van der Waals surface area contributed by atoms with Gasteiger partial charge in [0.15, 0.2) is 0 Å². The van der Waals surface area contributed by atoms with Crippen molar-refractivity contribution in [3.05, 3.63) is 77.9 Å². The first-order valence-electron chi connectivity index (χ1n) is 10.8. The Morgan fingerprint density at radius 3 is 2.60 bits per heavy atom. The van der Waals surface area contributed by atoms with Gasteiger partial charge in [-0.05, 0) is 83.4 Å². The number of hydrogen-bond acceptors (Lipinski definition) is 7. The summed E-state index contributed by atoms with van der Waals surface area (Å²) >= 11 is 1.51. The van der Waals surface area contributed by atoms with Crippen molar-refractivity contribution in [3.8, 4) is 11.5 Å². The fraction of sp³-hybridized carbons (Fsp3) is 0.115. The molecule has 0 atom stereocenters. The summed E-state index contributed by atoms with van der Waals surface area (Å²) in [4.78, 5) is 13.3. The second-order valence-electron chi connectivity index (χ2n) is 7.92. The summed E-state index contributed by atoms with van der Waals surface area (Å²) < 4.78 is 8.19. The molecule has 0 spiro atoms. The maximum atomic E-state index is 13.3. The molecule has 0 bridgehead atoms. The number of hydrazone groups is 1. The number of methoxy groups -OCH3 is 1. The molecule has 1 aromatic heterocycles. The maximum Gasteiger partial charge on any atom is 0.370 e. The minimum atomic E-state index is -0.209. The molecular formula is C26H22N5O3S+. The van der Waals surface area contributed by atoms with Gasteiger partial charge < -0.3 is 9.84 Å². The lowest BCUT2D eigenvalue weighted by molar-refractivity contribution is -0.627. The Balaban J connectivity index is 1.43. The second kappa shape index (κ2) is 9.11. The highest BCUT2D eigenvalue weighted by Gasteiger charge is 2.39. The van der Waals surface area contributed by atoms with Gasteiger partial charge in [-0.25, -0.2) is 9.36 Å². The highest BCUT2D eigenvalue weighted by atomic mass is 32.1. The van der Waals surface area contributed by atoms with Crippen LogP contribution < -0.4 is 14.3 Å². The summed E-state index contributed by atoms with van der Waals surface area (Å²) in [5.74, 6) is 0.502. The number of carbonyl (C=O) groups is 1. The zero-order valence-electron chi connectivity index (χ0n) is 19.3. The molecule has 2 heterocycles. The number of ether oxygens (including phenoxy) is 1. The quantitative estimate of drug-likeness (QED) is 0.225. The van der Waals surface area contributed by atoms with Crippen molar-refractivity contribution in [2.75, 3.05) is 12.1 Å². The molecule has 0 saturated heterocycles. The molecule has 4 aromatic rings. The smallest absolute Gasteiger partial charge is 0.370 e. The van der Waals surface area contributed by atoms with Crippen LogP contribution in [-0.4, -0.2) is 23.8 Å². The predicted molar refractivity (Wildman–Crippen MR) is 137 cm³/mol. The number of aromatic nitrogens is 1. The number of aromatic hydroxyl groups is 1. The summed E-state index contributed by atoms with van der Waals surface area (Å²) in [7, 11) is 3.52. The number of para-hydroxylation sites is 1. The van der Waals surface area contributed by atoms with E-state index in [1.165, 1.54) is 22.4 Å². The van der Waals surface area contributed by atoms with Crippen molar-refractivity contribution in [2.24, 2.45) is 22.4 Å². The molecule has 9 heteroatoms. The van der Waals surface area contributed by atoms with Gasteiger partial charge in [0.05, 0.1) is 35.8 Å². The van der Waals surface area contributed by atoms with Gasteiger partial charge in [0.2, 0.25) is 0 Å². The number of phenolic OH excluding ortho intramolecular Hbond substituents is 1. The van der Waals surface area contributed by atoms with Crippen molar-refractivity contribution in [1.82, 2.24) is 0 Å². The highest BCUT2D eigenvalue weighted by molar-refractivity contribution is 7.21. The number of carbonyl (C=O) groups excluding carboxylic acids is 1. The largest absolute Gasteiger partial charge is 0.506 e. The number of aryl methyl sites for hydroxylation is 1. The first kappa shape index (κ1) is 22.4. The van der Waals surface area contributed by atoms with Crippen LogP contribution in [0.5, 0.6) is 11.5 Å². The zero-order valence-corrected chi connectivity index (χ0v) is 20.2. The van der Waals surface area contributed by atoms with E-state index in [-0.39, 0.29) is 11.7 Å². The standard InChI is InChI=1S/C26H21N5O3S/c1-16-20(25(33)31(29-16)26-30(2)22-6-4-5-7-24(22)35-26)14-17-8-13-23(32)21(15-17)28-27-18-9-11-19(34-3)12-10-18/h4-15H,1-3H3/p+1. The van der Waals surface area contributed by atoms with E-state index < -0.39 is 0 Å². The maximum absolute atomic E-state index is 13.3. The van der Waals surface area contributed by atoms with E-state index >= 15 is 0 Å². The van der Waals surface area contributed by atoms with E-state index in [0.29, 0.717) is 28.2 Å². The fourth-order valence-corrected chi connectivity index (χ4v) is 4.83. The van der Waals surface area contributed by atoms with Crippen LogP contribution in [0.1, 0.15) is 12.5 Å². The van der Waals surface area contributed by atoms with Gasteiger partial charge in [0.1, 0.15) is 22.7 Å². The van der Waals surface area contributed by atoms with Gasteiger partial charge in [-0.1, -0.05) is 23.3 Å². The van der Waals surface area contributed by atoms with Crippen molar-refractivity contribution in [1.29, 1.82) is 0 Å². The Bertz CT molecular complexity index is 1540. The lowest BCUT2D eigenvalue weighted by Gasteiger charge is -2.03. The molecule has 3 aromatic carbocycles. The number of azo groups is 1. The Kier molecular flexibility index (Phi) is 5.84. The topological polar surface area (TPSA) is 90.7 Å². The van der Waals surface area contributed by atoms with E-state index in [4.69, 9.17) is 4.74 Å². The zero-order chi connectivity index (χ0) is 24.5. The van der Waals surface area contributed by atoms with E-state index in [9.17, 15) is 9.90 Å². The van der Waals surface area contributed by atoms with Crippen molar-refractivity contribution in [2.45, 2.75) is 6.92 Å². The van der Waals surface area contributed by atoms with Gasteiger partial charge in [-0.2, -0.15) is 5.11 Å². The minimum absolute atomic E-state index is 0.00789. The van der Waals surface area contributed by atoms with E-state index in [0.717, 1.165) is 21.1 Å². The summed E-state index contributed by atoms with van der Waals surface area (Å²) in [5, 5.41) is 25.3. The van der Waals surface area contributed by atoms with E-state index in [1.54, 1.807) is 49.6 Å². The lowest BCUT2D eigenvalue weighted by Crippen LogP contribution is -2.36. The summed E-state index contributed by atoms with van der Waals surface area (Å²) in [5.41, 5.74) is 3.74. The van der Waals surface area contributed by atoms with E-state index in [2.05, 4.69) is 15.3 Å². The average molecular weight is 485 g/mol. The first-order chi connectivity index (χ1) is 16.9. The number of benzene rings is 3. The summed E-state index contributed by atoms with van der Waals surface area (Å²) in [6, 6.07) is 20.0. The predicted octanol–water partition coefficient (Wildman–Crippen LogP) is 5.66. The van der Waals surface area contributed by atoms with Crippen molar-refractivity contribution < 1.29 is 19.2 Å². The molecule has 0 fully saturated rings. The molecule has 0 aliphatic carbocycles. The third-order valence-corrected chi connectivity index (χ3v) is 6.81. The number of rotatable bonds is 5. The summed E-state index contributed by atoms with van der Waals surface area (Å²) in [6.07, 6.45) is 1.75. The number of amides is 1. The molecule has 5 rings (SSSR count). The van der Waals surface area contributed by atoms with Crippen molar-refractivity contribution in [3.63, 3.8) is 0 Å². The Morgan fingerprint density at radius 2 is 1.86 bits per heavy atom. The van der Waals surface area contributed by atoms with Gasteiger partial charge in [-0.3, -0.25) is 0 Å². The Labute approximate surface area is 205 Å². The average Bonchev–Trinajstić information content (AvgIpc) is 3.35. The van der Waals surface area contributed by atoms with Crippen LogP contribution in [0.2, 0.25) is 0 Å². The normalized spacial score (nSPS) is 14.9. The SMILES string of the molecule is COc1ccc(N=Nc2cc(C=C3C(=O)N(c4sc5ccccc5[n+]4C)N=C3C)ccc2O)cc1. The van der Waals surface area contributed by atoms with Crippen LogP contribution >= 0.6 is 11.3 Å². The van der Waals surface area contributed by atoms with Crippen LogP contribution in [0.25, 0.3) is 16.3 Å². The Morgan fingerprint density at radius 1 is 1.09 bits per heavy atom. The minimum Gasteiger partial charge on any atom is -0.506 e. The van der Waals surface area contributed by atoms with Crippen LogP contribution in [0.3, 0.4) is 0 Å². The van der Waals surface area contributed by atoms with Gasteiger partial charge >= 0.3 is 11.0 Å². The molecular weight excluding hydrogens is 462 g/mol. The molecule has 0 saturated carbocycles. The first-order valence-corrected chi connectivity index (χ1v) is 11.6. The molecule has 1 amide bonds. The molecule has 1 aliphatic heterocycles. The monoisotopic (exact) mass is 484 g/mol. The van der Waals surface area contributed by atoms with Gasteiger partial charge in [0.25, 0.3) is 0 Å². The number of thiazole rings is 1. The van der Waals surface area contributed by atoms with E-state index in [1.807, 2.05) is 42.8 Å². The van der Waals surface area contributed by atoms with Crippen LogP contribution in [0.15, 0.2) is 87.6 Å². The number of fused-ring (bicyclic) bond motifs is 1. The molecule has 0 unspecified atom stereocenters. The van der Waals surface area contributed by atoms with Crippen LogP contribution in [0.4, 0.5) is 16.5 Å². The van der Waals surface area contributed by atoms with Crippen molar-refractivity contribution >= 4 is 55.8 Å². The lowest BCUT2D eigenvalue weighted by atomic mass is 10.1. The third-order valence-electron chi connectivity index (χ3n) is 5.61. The molecule has 35 heavy (non-hydrogen) atoms. The van der Waals surface area contributed by atoms with Gasteiger partial charge in [-0.15, -0.1) is 5.11 Å². The Hall–Kier alpha value is -4.37. The summed E-state index contributed by atoms with van der Waals surface area (Å²) in [6.45, 7) is 1.81. The highest BCUT2D eigenvalue weighted by Crippen LogP contribution is 2.33. The molecule has 174 valence electrons. The van der Waals surface area contributed by atoms with Crippen LogP contribution in [0, 0.1) is 0 Å². The fourth-order valence-electron chi connectivity index (χ4n) is 3.73. The number of anilines is 1. The van der Waals surface area contributed by atoms with Gasteiger partial charge in [0, 0.05) is 0 Å². The van der Waals surface area contributed by atoms with Crippen LogP contribution in [-0.2, 0) is 11.8 Å². The molecule has 0 radical (unpaired) electrons. The second-order valence-corrected chi connectivity index (χ2v) is 8.93. The molecule has 1 aliphatic rings. The molecule has 1 N–H and O–H groups in total. The number of hydrogen-bond donors (Lipinski definition) is 1. The molecule has 8 nitrogen and oxygen atoms in total. The number of phenols is 1.